The fraction of sp³-hybridized carbons (Fsp3) is 0.400. The predicted molar refractivity (Wildman–Crippen MR) is 82.7 cm³/mol. The van der Waals surface area contributed by atoms with Gasteiger partial charge in [0.15, 0.2) is 0 Å². The van der Waals surface area contributed by atoms with Crippen LogP contribution in [0.25, 0.3) is 10.1 Å². The molecule has 0 radical (unpaired) electrons. The second-order valence-electron chi connectivity index (χ2n) is 5.20. The molecule has 1 aromatic heterocycles. The molecule has 1 aliphatic rings. The van der Waals surface area contributed by atoms with Crippen LogP contribution in [0.1, 0.15) is 29.4 Å². The van der Waals surface area contributed by atoms with Crippen molar-refractivity contribution in [3.05, 3.63) is 33.9 Å². The molecule has 3 nitrogen and oxygen atoms in total. The topological polar surface area (TPSA) is 38.3 Å². The Bertz CT molecular complexity index is 682. The largest absolute Gasteiger partial charge is 0.376 e. The summed E-state index contributed by atoms with van der Waals surface area (Å²) in [7, 11) is 0. The van der Waals surface area contributed by atoms with Crippen LogP contribution in [0.5, 0.6) is 0 Å². The molecular formula is C15H15ClFNO2S. The standard InChI is InChI=1S/C15H15ClFNO2S/c1-8(11-3-2-6-20-11)18-15(19)14-13(16)10-5-4-9(17)7-12(10)21-14/h4-5,7-8,11H,2-3,6H2,1H3,(H,18,19)/t8-,11-/m1/s1. The summed E-state index contributed by atoms with van der Waals surface area (Å²) in [5.41, 5.74) is 0. The second kappa shape index (κ2) is 5.91. The Morgan fingerprint density at radius 3 is 3.10 bits per heavy atom. The molecule has 112 valence electrons. The van der Waals surface area contributed by atoms with Gasteiger partial charge in [-0.15, -0.1) is 11.3 Å². The second-order valence-corrected chi connectivity index (χ2v) is 6.63. The molecule has 1 N–H and O–H groups in total. The number of thiophene rings is 1. The number of benzene rings is 1. The number of ether oxygens (including phenoxy) is 1. The Hall–Kier alpha value is -1.17. The van der Waals surface area contributed by atoms with Gasteiger partial charge in [-0.05, 0) is 38.0 Å². The number of carbonyl (C=O) groups is 1. The van der Waals surface area contributed by atoms with E-state index in [-0.39, 0.29) is 23.9 Å². The third-order valence-corrected chi connectivity index (χ3v) is 5.34. The van der Waals surface area contributed by atoms with Gasteiger partial charge in [-0.25, -0.2) is 4.39 Å². The minimum atomic E-state index is -0.333. The van der Waals surface area contributed by atoms with E-state index in [0.29, 0.717) is 20.0 Å². The van der Waals surface area contributed by atoms with Crippen LogP contribution < -0.4 is 5.32 Å². The summed E-state index contributed by atoms with van der Waals surface area (Å²) in [6.07, 6.45) is 2.03. The van der Waals surface area contributed by atoms with Gasteiger partial charge in [0.25, 0.3) is 5.91 Å². The lowest BCUT2D eigenvalue weighted by molar-refractivity contribution is 0.0715. The molecule has 0 unspecified atom stereocenters. The number of hydrogen-bond donors (Lipinski definition) is 1. The first-order valence-corrected chi connectivity index (χ1v) is 8.05. The summed E-state index contributed by atoms with van der Waals surface area (Å²) in [4.78, 5) is 12.8. The molecule has 2 aromatic rings. The number of nitrogens with one attached hydrogen (secondary N) is 1. The van der Waals surface area contributed by atoms with Gasteiger partial charge in [0, 0.05) is 16.7 Å². The minimum absolute atomic E-state index is 0.0551. The van der Waals surface area contributed by atoms with E-state index in [2.05, 4.69) is 5.32 Å². The van der Waals surface area contributed by atoms with Crippen LogP contribution in [0.4, 0.5) is 4.39 Å². The summed E-state index contributed by atoms with van der Waals surface area (Å²) in [5, 5.41) is 4.01. The number of halogens is 2. The third-order valence-electron chi connectivity index (χ3n) is 3.68. The zero-order valence-electron chi connectivity index (χ0n) is 11.5. The molecule has 1 aliphatic heterocycles. The zero-order chi connectivity index (χ0) is 15.0. The van der Waals surface area contributed by atoms with Gasteiger partial charge in [0.2, 0.25) is 0 Å². The molecular weight excluding hydrogens is 313 g/mol. The predicted octanol–water partition coefficient (Wildman–Crippen LogP) is 3.99. The van der Waals surface area contributed by atoms with Gasteiger partial charge < -0.3 is 10.1 Å². The molecule has 1 saturated heterocycles. The first-order chi connectivity index (χ1) is 10.1. The van der Waals surface area contributed by atoms with Crippen molar-refractivity contribution in [3.63, 3.8) is 0 Å². The van der Waals surface area contributed by atoms with E-state index in [1.807, 2.05) is 6.92 Å². The molecule has 2 atom stereocenters. The summed E-state index contributed by atoms with van der Waals surface area (Å²) in [6.45, 7) is 2.67. The highest BCUT2D eigenvalue weighted by molar-refractivity contribution is 7.21. The van der Waals surface area contributed by atoms with Crippen molar-refractivity contribution in [1.29, 1.82) is 0 Å². The lowest BCUT2D eigenvalue weighted by atomic mass is 10.1. The molecule has 0 aliphatic carbocycles. The maximum Gasteiger partial charge on any atom is 0.263 e. The summed E-state index contributed by atoms with van der Waals surface area (Å²) in [6, 6.07) is 4.27. The van der Waals surface area contributed by atoms with E-state index < -0.39 is 0 Å². The van der Waals surface area contributed by atoms with E-state index >= 15 is 0 Å². The quantitative estimate of drug-likeness (QED) is 0.925. The van der Waals surface area contributed by atoms with Gasteiger partial charge in [-0.3, -0.25) is 4.79 Å². The molecule has 1 amide bonds. The first-order valence-electron chi connectivity index (χ1n) is 6.86. The van der Waals surface area contributed by atoms with Gasteiger partial charge >= 0.3 is 0 Å². The number of rotatable bonds is 3. The van der Waals surface area contributed by atoms with Crippen LogP contribution in [0.3, 0.4) is 0 Å². The lowest BCUT2D eigenvalue weighted by Crippen LogP contribution is -2.40. The summed E-state index contributed by atoms with van der Waals surface area (Å²) >= 11 is 7.45. The fourth-order valence-electron chi connectivity index (χ4n) is 2.55. The molecule has 6 heteroatoms. The Labute approximate surface area is 131 Å². The molecule has 0 spiro atoms. The van der Waals surface area contributed by atoms with Crippen molar-refractivity contribution < 1.29 is 13.9 Å². The highest BCUT2D eigenvalue weighted by atomic mass is 35.5. The maximum atomic E-state index is 13.2. The first kappa shape index (κ1) is 14.8. The van der Waals surface area contributed by atoms with Gasteiger partial charge in [-0.1, -0.05) is 11.6 Å². The Kier molecular flexibility index (Phi) is 4.15. The highest BCUT2D eigenvalue weighted by Gasteiger charge is 2.25. The lowest BCUT2D eigenvalue weighted by Gasteiger charge is -2.19. The van der Waals surface area contributed by atoms with Crippen LogP contribution in [-0.2, 0) is 4.74 Å². The van der Waals surface area contributed by atoms with Crippen LogP contribution in [0, 0.1) is 5.82 Å². The summed E-state index contributed by atoms with van der Waals surface area (Å²) in [5.74, 6) is -0.565. The van der Waals surface area contributed by atoms with Gasteiger partial charge in [0.05, 0.1) is 17.2 Å². The smallest absolute Gasteiger partial charge is 0.263 e. The highest BCUT2D eigenvalue weighted by Crippen LogP contribution is 2.35. The van der Waals surface area contributed by atoms with Crippen LogP contribution in [-0.4, -0.2) is 24.7 Å². The molecule has 1 fully saturated rings. The minimum Gasteiger partial charge on any atom is -0.376 e. The monoisotopic (exact) mass is 327 g/mol. The van der Waals surface area contributed by atoms with Crippen molar-refractivity contribution in [2.24, 2.45) is 0 Å². The van der Waals surface area contributed by atoms with E-state index in [1.165, 1.54) is 23.5 Å². The van der Waals surface area contributed by atoms with Crippen molar-refractivity contribution in [3.8, 4) is 0 Å². The van der Waals surface area contributed by atoms with E-state index in [1.54, 1.807) is 6.07 Å². The summed E-state index contributed by atoms with van der Waals surface area (Å²) < 4.78 is 19.5. The average molecular weight is 328 g/mol. The third kappa shape index (κ3) is 2.91. The van der Waals surface area contributed by atoms with Crippen molar-refractivity contribution in [2.45, 2.75) is 31.9 Å². The maximum absolute atomic E-state index is 13.2. The number of hydrogen-bond acceptors (Lipinski definition) is 3. The zero-order valence-corrected chi connectivity index (χ0v) is 13.1. The average Bonchev–Trinajstić information content (AvgIpc) is 3.07. The van der Waals surface area contributed by atoms with E-state index in [4.69, 9.17) is 16.3 Å². The Morgan fingerprint density at radius 2 is 2.38 bits per heavy atom. The van der Waals surface area contributed by atoms with Gasteiger partial charge in [0.1, 0.15) is 10.7 Å². The molecule has 0 saturated carbocycles. The van der Waals surface area contributed by atoms with E-state index in [9.17, 15) is 9.18 Å². The van der Waals surface area contributed by atoms with Crippen LogP contribution in [0.15, 0.2) is 18.2 Å². The van der Waals surface area contributed by atoms with Crippen LogP contribution >= 0.6 is 22.9 Å². The molecule has 3 rings (SSSR count). The van der Waals surface area contributed by atoms with Crippen molar-refractivity contribution >= 4 is 38.9 Å². The fourth-order valence-corrected chi connectivity index (χ4v) is 3.99. The molecule has 2 heterocycles. The molecule has 1 aromatic carbocycles. The Balaban J connectivity index is 1.82. The van der Waals surface area contributed by atoms with Gasteiger partial charge in [-0.2, -0.15) is 0 Å². The van der Waals surface area contributed by atoms with Crippen LogP contribution in [0.2, 0.25) is 5.02 Å². The number of amides is 1. The number of fused-ring (bicyclic) bond motifs is 1. The SMILES string of the molecule is C[C@@H](NC(=O)c1sc2cc(F)ccc2c1Cl)[C@H]1CCCO1. The normalized spacial score (nSPS) is 19.9. The molecule has 21 heavy (non-hydrogen) atoms. The van der Waals surface area contributed by atoms with E-state index in [0.717, 1.165) is 19.4 Å². The van der Waals surface area contributed by atoms with Crippen molar-refractivity contribution in [1.82, 2.24) is 5.32 Å². The molecule has 0 bridgehead atoms. The number of carbonyl (C=O) groups excluding carboxylic acids is 1. The van der Waals surface area contributed by atoms with Crippen molar-refractivity contribution in [2.75, 3.05) is 6.61 Å². The Morgan fingerprint density at radius 1 is 1.57 bits per heavy atom.